The number of anilines is 1. The lowest BCUT2D eigenvalue weighted by molar-refractivity contribution is 0.475. The number of hydrogen-bond acceptors (Lipinski definition) is 3. The summed E-state index contributed by atoms with van der Waals surface area (Å²) >= 11 is 0. The van der Waals surface area contributed by atoms with Crippen molar-refractivity contribution in [2.75, 3.05) is 5.32 Å². The number of para-hydroxylation sites is 1. The molecule has 0 fully saturated rings. The van der Waals surface area contributed by atoms with Crippen LogP contribution < -0.4 is 10.9 Å². The van der Waals surface area contributed by atoms with E-state index in [1.165, 1.54) is 0 Å². The molecule has 2 N–H and O–H groups in total. The molecule has 3 rings (SSSR count). The van der Waals surface area contributed by atoms with E-state index in [0.717, 1.165) is 16.6 Å². The smallest absolute Gasteiger partial charge is 0.255 e. The molecule has 0 radical (unpaired) electrons. The molecule has 1 aromatic heterocycles. The minimum atomic E-state index is -0.0000201. The van der Waals surface area contributed by atoms with Gasteiger partial charge in [-0.05, 0) is 41.8 Å². The van der Waals surface area contributed by atoms with Crippen molar-refractivity contribution in [2.45, 2.75) is 6.54 Å². The monoisotopic (exact) mass is 280 g/mol. The molecule has 0 bridgehead atoms. The first kappa shape index (κ1) is 13.2. The number of nitrogens with one attached hydrogen (secondary N) is 1. The van der Waals surface area contributed by atoms with Crippen LogP contribution in [0.15, 0.2) is 59.4 Å². The quantitative estimate of drug-likeness (QED) is 0.725. The zero-order chi connectivity index (χ0) is 14.8. The fourth-order valence-electron chi connectivity index (χ4n) is 2.39. The minimum Gasteiger partial charge on any atom is -0.508 e. The SMILES string of the molecule is Cn1c(=O)c(CNc2ccc(O)cc2)cc2ccccc21. The van der Waals surface area contributed by atoms with Crippen LogP contribution in [0, 0.1) is 0 Å². The van der Waals surface area contributed by atoms with Crippen LogP contribution in [0.25, 0.3) is 10.9 Å². The number of aromatic nitrogens is 1. The van der Waals surface area contributed by atoms with Gasteiger partial charge in [-0.3, -0.25) is 4.79 Å². The maximum atomic E-state index is 12.3. The van der Waals surface area contributed by atoms with Crippen LogP contribution in [0.5, 0.6) is 5.75 Å². The second kappa shape index (κ2) is 5.32. The molecule has 21 heavy (non-hydrogen) atoms. The average Bonchev–Trinajstić information content (AvgIpc) is 2.51. The highest BCUT2D eigenvalue weighted by Gasteiger charge is 2.06. The van der Waals surface area contributed by atoms with E-state index in [9.17, 15) is 9.90 Å². The highest BCUT2D eigenvalue weighted by atomic mass is 16.3. The summed E-state index contributed by atoms with van der Waals surface area (Å²) in [5.41, 5.74) is 2.50. The van der Waals surface area contributed by atoms with Crippen molar-refractivity contribution in [1.82, 2.24) is 4.57 Å². The van der Waals surface area contributed by atoms with Gasteiger partial charge in [-0.1, -0.05) is 18.2 Å². The third kappa shape index (κ3) is 2.60. The molecule has 0 saturated heterocycles. The number of phenols is 1. The van der Waals surface area contributed by atoms with Crippen molar-refractivity contribution in [2.24, 2.45) is 7.05 Å². The molecule has 4 nitrogen and oxygen atoms in total. The highest BCUT2D eigenvalue weighted by molar-refractivity contribution is 5.79. The maximum absolute atomic E-state index is 12.3. The van der Waals surface area contributed by atoms with E-state index in [0.29, 0.717) is 12.1 Å². The molecular formula is C17H16N2O2. The van der Waals surface area contributed by atoms with Crippen molar-refractivity contribution in [1.29, 1.82) is 0 Å². The normalized spacial score (nSPS) is 10.7. The van der Waals surface area contributed by atoms with Crippen LogP contribution in [-0.4, -0.2) is 9.67 Å². The Morgan fingerprint density at radius 1 is 1.10 bits per heavy atom. The Morgan fingerprint density at radius 3 is 2.57 bits per heavy atom. The number of nitrogens with zero attached hydrogens (tertiary/aromatic N) is 1. The maximum Gasteiger partial charge on any atom is 0.255 e. The van der Waals surface area contributed by atoms with E-state index in [-0.39, 0.29) is 11.3 Å². The van der Waals surface area contributed by atoms with Crippen LogP contribution in [0.1, 0.15) is 5.56 Å². The number of fused-ring (bicyclic) bond motifs is 1. The van der Waals surface area contributed by atoms with Crippen LogP contribution >= 0.6 is 0 Å². The van der Waals surface area contributed by atoms with Gasteiger partial charge in [-0.25, -0.2) is 0 Å². The van der Waals surface area contributed by atoms with Gasteiger partial charge >= 0.3 is 0 Å². The number of aryl methyl sites for hydroxylation is 1. The van der Waals surface area contributed by atoms with Gasteiger partial charge < -0.3 is 15.0 Å². The van der Waals surface area contributed by atoms with Crippen LogP contribution in [-0.2, 0) is 13.6 Å². The summed E-state index contributed by atoms with van der Waals surface area (Å²) in [5, 5.41) is 13.5. The summed E-state index contributed by atoms with van der Waals surface area (Å²) in [7, 11) is 1.79. The van der Waals surface area contributed by atoms with Gasteiger partial charge in [0.15, 0.2) is 0 Å². The second-order valence-electron chi connectivity index (χ2n) is 4.99. The molecule has 0 spiro atoms. The van der Waals surface area contributed by atoms with Crippen molar-refractivity contribution in [3.05, 3.63) is 70.5 Å². The van der Waals surface area contributed by atoms with Crippen molar-refractivity contribution in [3.8, 4) is 5.75 Å². The topological polar surface area (TPSA) is 54.3 Å². The number of hydrogen-bond donors (Lipinski definition) is 2. The molecular weight excluding hydrogens is 264 g/mol. The number of aromatic hydroxyl groups is 1. The number of rotatable bonds is 3. The molecule has 0 saturated carbocycles. The lowest BCUT2D eigenvalue weighted by atomic mass is 10.1. The van der Waals surface area contributed by atoms with Gasteiger partial charge in [0.1, 0.15) is 5.75 Å². The van der Waals surface area contributed by atoms with Crippen molar-refractivity contribution >= 4 is 16.6 Å². The van der Waals surface area contributed by atoms with E-state index in [1.54, 1.807) is 35.9 Å². The van der Waals surface area contributed by atoms with Gasteiger partial charge in [0.05, 0.1) is 5.52 Å². The third-order valence-corrected chi connectivity index (χ3v) is 3.56. The predicted octanol–water partition coefficient (Wildman–Crippen LogP) is 2.86. The molecule has 0 amide bonds. The van der Waals surface area contributed by atoms with Gasteiger partial charge in [-0.15, -0.1) is 0 Å². The van der Waals surface area contributed by atoms with Gasteiger partial charge in [0, 0.05) is 24.8 Å². The molecule has 0 atom stereocenters. The predicted molar refractivity (Wildman–Crippen MR) is 84.6 cm³/mol. The lowest BCUT2D eigenvalue weighted by Gasteiger charge is -2.10. The van der Waals surface area contributed by atoms with E-state index < -0.39 is 0 Å². The first-order valence-corrected chi connectivity index (χ1v) is 6.76. The molecule has 0 unspecified atom stereocenters. The Morgan fingerprint density at radius 2 is 1.81 bits per heavy atom. The second-order valence-corrected chi connectivity index (χ2v) is 4.99. The Hall–Kier alpha value is -2.75. The third-order valence-electron chi connectivity index (χ3n) is 3.56. The highest BCUT2D eigenvalue weighted by Crippen LogP contribution is 2.16. The molecule has 0 aliphatic heterocycles. The summed E-state index contributed by atoms with van der Waals surface area (Å²) in [6, 6.07) is 16.5. The molecule has 106 valence electrons. The molecule has 0 aliphatic rings. The first-order valence-electron chi connectivity index (χ1n) is 6.76. The summed E-state index contributed by atoms with van der Waals surface area (Å²) in [5.74, 6) is 0.224. The summed E-state index contributed by atoms with van der Waals surface area (Å²) < 4.78 is 1.67. The van der Waals surface area contributed by atoms with Crippen LogP contribution in [0.4, 0.5) is 5.69 Å². The zero-order valence-corrected chi connectivity index (χ0v) is 11.7. The number of pyridine rings is 1. The average molecular weight is 280 g/mol. The Kier molecular flexibility index (Phi) is 3.36. The van der Waals surface area contributed by atoms with Crippen LogP contribution in [0.2, 0.25) is 0 Å². The summed E-state index contributed by atoms with van der Waals surface area (Å²) in [6.07, 6.45) is 0. The Bertz CT molecular complexity index is 836. The van der Waals surface area contributed by atoms with E-state index in [4.69, 9.17) is 0 Å². The molecule has 0 aliphatic carbocycles. The molecule has 2 aromatic carbocycles. The van der Waals surface area contributed by atoms with Gasteiger partial charge in [0.2, 0.25) is 0 Å². The minimum absolute atomic E-state index is 0.0000201. The largest absolute Gasteiger partial charge is 0.508 e. The first-order chi connectivity index (χ1) is 10.1. The standard InChI is InChI=1S/C17H16N2O2/c1-19-16-5-3-2-4-12(16)10-13(17(19)21)11-18-14-6-8-15(20)9-7-14/h2-10,18,20H,11H2,1H3. The van der Waals surface area contributed by atoms with Crippen LogP contribution in [0.3, 0.4) is 0 Å². The lowest BCUT2D eigenvalue weighted by Crippen LogP contribution is -2.23. The number of benzene rings is 2. The van der Waals surface area contributed by atoms with Crippen molar-refractivity contribution in [3.63, 3.8) is 0 Å². The van der Waals surface area contributed by atoms with Crippen molar-refractivity contribution < 1.29 is 5.11 Å². The molecule has 3 aromatic rings. The van der Waals surface area contributed by atoms with E-state index in [1.807, 2.05) is 30.3 Å². The van der Waals surface area contributed by atoms with E-state index in [2.05, 4.69) is 5.32 Å². The number of phenolic OH excluding ortho intramolecular Hbond substituents is 1. The summed E-state index contributed by atoms with van der Waals surface area (Å²) in [6.45, 7) is 0.447. The van der Waals surface area contributed by atoms with E-state index >= 15 is 0 Å². The Labute approximate surface area is 122 Å². The Balaban J connectivity index is 1.92. The fourth-order valence-corrected chi connectivity index (χ4v) is 2.39. The zero-order valence-electron chi connectivity index (χ0n) is 11.7. The van der Waals surface area contributed by atoms with Gasteiger partial charge in [0.25, 0.3) is 5.56 Å². The fraction of sp³-hybridized carbons (Fsp3) is 0.118. The molecule has 4 heteroatoms. The molecule has 1 heterocycles. The van der Waals surface area contributed by atoms with Gasteiger partial charge in [-0.2, -0.15) is 0 Å². The summed E-state index contributed by atoms with van der Waals surface area (Å²) in [4.78, 5) is 12.3.